The molecule has 0 aliphatic heterocycles. The van der Waals surface area contributed by atoms with Crippen LogP contribution in [0, 0.1) is 4.77 Å². The van der Waals surface area contributed by atoms with Gasteiger partial charge >= 0.3 is 0 Å². The zero-order valence-electron chi connectivity index (χ0n) is 13.6. The van der Waals surface area contributed by atoms with Crippen LogP contribution in [0.5, 0.6) is 5.88 Å². The Morgan fingerprint density at radius 1 is 1.04 bits per heavy atom. The van der Waals surface area contributed by atoms with Crippen molar-refractivity contribution in [1.29, 1.82) is 0 Å². The molecule has 4 rings (SSSR count). The monoisotopic (exact) mass is 363 g/mol. The zero-order valence-corrected chi connectivity index (χ0v) is 14.5. The molecule has 0 saturated heterocycles. The van der Waals surface area contributed by atoms with Crippen LogP contribution in [0.1, 0.15) is 12.5 Å². The molecule has 0 saturated carbocycles. The minimum Gasteiger partial charge on any atom is -0.494 e. The molecule has 2 aromatic carbocycles. The first-order valence-electron chi connectivity index (χ1n) is 7.79. The number of aliphatic imine (C=N–C) groups is 1. The molecular weight excluding hydrogens is 350 g/mol. The van der Waals surface area contributed by atoms with E-state index in [0.29, 0.717) is 16.9 Å². The van der Waals surface area contributed by atoms with Gasteiger partial charge in [-0.3, -0.25) is 14.8 Å². The van der Waals surface area contributed by atoms with Gasteiger partial charge in [-0.25, -0.2) is 9.97 Å². The number of fused-ring (bicyclic) bond motifs is 2. The number of benzene rings is 2. The van der Waals surface area contributed by atoms with Crippen LogP contribution < -0.4 is 5.56 Å². The molecule has 4 aromatic rings. The number of aromatic hydroxyl groups is 1. The highest BCUT2D eigenvalue weighted by molar-refractivity contribution is 7.71. The van der Waals surface area contributed by atoms with Gasteiger partial charge in [0.15, 0.2) is 4.77 Å². The first kappa shape index (κ1) is 16.1. The Hall–Kier alpha value is -3.39. The lowest BCUT2D eigenvalue weighted by molar-refractivity contribution is 0.448. The lowest BCUT2D eigenvalue weighted by Crippen LogP contribution is -2.17. The Kier molecular flexibility index (Phi) is 3.81. The lowest BCUT2D eigenvalue weighted by Gasteiger charge is -2.04. The van der Waals surface area contributed by atoms with Gasteiger partial charge in [0.2, 0.25) is 5.88 Å². The fraction of sp³-hybridized carbons (Fsp3) is 0.0556. The highest BCUT2D eigenvalue weighted by Gasteiger charge is 2.11. The van der Waals surface area contributed by atoms with Crippen LogP contribution in [0.4, 0.5) is 5.69 Å². The van der Waals surface area contributed by atoms with E-state index in [9.17, 15) is 9.90 Å². The maximum Gasteiger partial charge on any atom is 0.264 e. The smallest absolute Gasteiger partial charge is 0.264 e. The number of rotatable bonds is 2. The van der Waals surface area contributed by atoms with Crippen LogP contribution in [-0.4, -0.2) is 30.8 Å². The molecule has 0 fully saturated rings. The lowest BCUT2D eigenvalue weighted by atomic mass is 10.2. The maximum atomic E-state index is 12.0. The van der Waals surface area contributed by atoms with Gasteiger partial charge < -0.3 is 10.1 Å². The Morgan fingerprint density at radius 2 is 1.69 bits per heavy atom. The van der Waals surface area contributed by atoms with E-state index in [4.69, 9.17) is 12.2 Å². The van der Waals surface area contributed by atoms with Crippen molar-refractivity contribution >= 4 is 45.7 Å². The van der Waals surface area contributed by atoms with Crippen LogP contribution in [0.3, 0.4) is 0 Å². The summed E-state index contributed by atoms with van der Waals surface area (Å²) < 4.78 is 0.0527. The number of hydrogen-bond acceptors (Lipinski definition) is 6. The second-order valence-corrected chi connectivity index (χ2v) is 6.12. The van der Waals surface area contributed by atoms with Crippen LogP contribution in [0.2, 0.25) is 0 Å². The third kappa shape index (κ3) is 2.86. The molecule has 3 N–H and O–H groups in total. The maximum absolute atomic E-state index is 12.0. The van der Waals surface area contributed by atoms with Gasteiger partial charge in [0.05, 0.1) is 33.5 Å². The molecule has 0 aliphatic rings. The molecule has 26 heavy (non-hydrogen) atoms. The van der Waals surface area contributed by atoms with Gasteiger partial charge in [-0.1, -0.05) is 12.1 Å². The van der Waals surface area contributed by atoms with E-state index in [1.54, 1.807) is 19.1 Å². The van der Waals surface area contributed by atoms with Crippen molar-refractivity contribution in [2.45, 2.75) is 6.92 Å². The highest BCUT2D eigenvalue weighted by Crippen LogP contribution is 2.22. The molecule has 128 valence electrons. The Balaban J connectivity index is 1.84. The van der Waals surface area contributed by atoms with E-state index in [1.807, 2.05) is 30.3 Å². The predicted molar refractivity (Wildman–Crippen MR) is 103 cm³/mol. The SMILES string of the molecule is CC(=Nc1ccc2nc3ccccc3nc2c1)c1c(O)[nH]c(=S)[nH]c1=O. The van der Waals surface area contributed by atoms with E-state index in [0.717, 1.165) is 16.6 Å². The van der Waals surface area contributed by atoms with E-state index in [-0.39, 0.29) is 16.2 Å². The van der Waals surface area contributed by atoms with Crippen molar-refractivity contribution in [2.75, 3.05) is 0 Å². The molecule has 0 amide bonds. The van der Waals surface area contributed by atoms with Crippen molar-refractivity contribution in [3.8, 4) is 5.88 Å². The van der Waals surface area contributed by atoms with Crippen molar-refractivity contribution < 1.29 is 5.11 Å². The number of aromatic amines is 2. The standard InChI is InChI=1S/C18H13N5O2S/c1-9(15-16(24)22-18(26)23-17(15)25)19-10-6-7-13-14(8-10)21-12-5-3-2-4-11(12)20-13/h2-8H,1H3,(H3,22,23,24,25,26). The van der Waals surface area contributed by atoms with Gasteiger partial charge in [-0.2, -0.15) is 0 Å². The normalized spacial score (nSPS) is 12.0. The molecule has 0 spiro atoms. The minimum absolute atomic E-state index is 0.0447. The number of nitrogens with zero attached hydrogens (tertiary/aromatic N) is 3. The van der Waals surface area contributed by atoms with Gasteiger partial charge in [0.1, 0.15) is 5.56 Å². The summed E-state index contributed by atoms with van der Waals surface area (Å²) in [6.07, 6.45) is 0. The summed E-state index contributed by atoms with van der Waals surface area (Å²) in [6, 6.07) is 13.0. The number of para-hydroxylation sites is 2. The topological polar surface area (TPSA) is 107 Å². The van der Waals surface area contributed by atoms with Crippen molar-refractivity contribution in [3.63, 3.8) is 0 Å². The van der Waals surface area contributed by atoms with Crippen LogP contribution >= 0.6 is 12.2 Å². The summed E-state index contributed by atoms with van der Waals surface area (Å²) in [5, 5.41) is 9.97. The number of hydrogen-bond donors (Lipinski definition) is 3. The van der Waals surface area contributed by atoms with Crippen LogP contribution in [0.15, 0.2) is 52.3 Å². The second-order valence-electron chi connectivity index (χ2n) is 5.71. The van der Waals surface area contributed by atoms with Crippen molar-refractivity contribution in [1.82, 2.24) is 19.9 Å². The first-order valence-corrected chi connectivity index (χ1v) is 8.20. The van der Waals surface area contributed by atoms with E-state index < -0.39 is 5.56 Å². The van der Waals surface area contributed by atoms with Gasteiger partial charge in [-0.15, -0.1) is 0 Å². The third-order valence-corrected chi connectivity index (χ3v) is 4.11. The summed E-state index contributed by atoms with van der Waals surface area (Å²) in [5.41, 5.74) is 3.56. The molecule has 0 radical (unpaired) electrons. The summed E-state index contributed by atoms with van der Waals surface area (Å²) in [6.45, 7) is 1.64. The van der Waals surface area contributed by atoms with E-state index in [1.165, 1.54) is 0 Å². The average Bonchev–Trinajstić information content (AvgIpc) is 2.59. The van der Waals surface area contributed by atoms with Crippen LogP contribution in [-0.2, 0) is 0 Å². The minimum atomic E-state index is -0.501. The summed E-state index contributed by atoms with van der Waals surface area (Å²) in [5.74, 6) is -0.313. The van der Waals surface area contributed by atoms with Gasteiger partial charge in [-0.05, 0) is 49.5 Å². The van der Waals surface area contributed by atoms with E-state index >= 15 is 0 Å². The molecule has 2 heterocycles. The second kappa shape index (κ2) is 6.16. The Morgan fingerprint density at radius 3 is 2.38 bits per heavy atom. The zero-order chi connectivity index (χ0) is 18.3. The molecule has 0 aliphatic carbocycles. The molecule has 8 heteroatoms. The van der Waals surface area contributed by atoms with Crippen molar-refractivity contribution in [2.24, 2.45) is 4.99 Å². The fourth-order valence-corrected chi connectivity index (χ4v) is 2.93. The molecule has 0 bridgehead atoms. The predicted octanol–water partition coefficient (Wildman–Crippen LogP) is 3.38. The summed E-state index contributed by atoms with van der Waals surface area (Å²) >= 11 is 4.83. The fourth-order valence-electron chi connectivity index (χ4n) is 2.74. The molecule has 0 unspecified atom stereocenters. The number of H-pyrrole nitrogens is 2. The Bertz CT molecular complexity index is 1310. The quantitative estimate of drug-likeness (QED) is 0.287. The van der Waals surface area contributed by atoms with E-state index in [2.05, 4.69) is 24.9 Å². The summed E-state index contributed by atoms with van der Waals surface area (Å²) in [4.78, 5) is 30.6. The largest absolute Gasteiger partial charge is 0.494 e. The third-order valence-electron chi connectivity index (χ3n) is 3.90. The Labute approximate surface area is 152 Å². The summed E-state index contributed by atoms with van der Waals surface area (Å²) in [7, 11) is 0. The molecule has 0 atom stereocenters. The van der Waals surface area contributed by atoms with Crippen molar-refractivity contribution in [3.05, 3.63) is 63.2 Å². The average molecular weight is 363 g/mol. The first-order chi connectivity index (χ1) is 12.5. The van der Waals surface area contributed by atoms with Gasteiger partial charge in [0.25, 0.3) is 5.56 Å². The number of nitrogens with one attached hydrogen (secondary N) is 2. The van der Waals surface area contributed by atoms with Crippen LogP contribution in [0.25, 0.3) is 22.1 Å². The highest BCUT2D eigenvalue weighted by atomic mass is 32.1. The van der Waals surface area contributed by atoms with Gasteiger partial charge in [0, 0.05) is 0 Å². The number of aromatic nitrogens is 4. The molecule has 7 nitrogen and oxygen atoms in total. The molecule has 2 aromatic heterocycles. The molecular formula is C18H13N5O2S.